The first-order chi connectivity index (χ1) is 18.9. The van der Waals surface area contributed by atoms with Gasteiger partial charge in [0.25, 0.3) is 0 Å². The van der Waals surface area contributed by atoms with Crippen LogP contribution in [0.2, 0.25) is 0 Å². The third-order valence-corrected chi connectivity index (χ3v) is 8.44. The standard InChI is InChI=1S/C30H31N3O7/c1-14(34)32-13-15-4-6-16(7-5-15)18-8-9-23(35)25-19(18)10-17-11-21-22(33(2)3)12-20(29(31)39)27(37)30(21,40)28(38)24(17)26(25)36/h4-9,12,17,20-21,24,35,40H,10-11,13H2,1-3H3,(H2,31,39)(H,32,34)/t17-,20?,21-,24?,30+/m0/s1. The number of hydrogen-bond donors (Lipinski definition) is 4. The molecule has 0 saturated heterocycles. The summed E-state index contributed by atoms with van der Waals surface area (Å²) in [5, 5.41) is 25.1. The highest BCUT2D eigenvalue weighted by molar-refractivity contribution is 6.26. The fourth-order valence-corrected chi connectivity index (χ4v) is 6.51. The number of carbonyl (C=O) groups is 5. The Morgan fingerprint density at radius 3 is 2.35 bits per heavy atom. The van der Waals surface area contributed by atoms with Gasteiger partial charge in [0.2, 0.25) is 11.8 Å². The molecule has 5 N–H and O–H groups in total. The normalized spacial score (nSPS) is 27.2. The molecule has 0 aliphatic heterocycles. The minimum Gasteiger partial charge on any atom is -0.507 e. The maximum Gasteiger partial charge on any atom is 0.232 e. The van der Waals surface area contributed by atoms with Gasteiger partial charge in [-0.2, -0.15) is 0 Å². The summed E-state index contributed by atoms with van der Waals surface area (Å²) in [5.41, 5.74) is 6.27. The van der Waals surface area contributed by atoms with Crippen LogP contribution in [0, 0.1) is 23.7 Å². The number of amides is 2. The van der Waals surface area contributed by atoms with Crippen LogP contribution >= 0.6 is 0 Å². The summed E-state index contributed by atoms with van der Waals surface area (Å²) in [7, 11) is 3.37. The maximum absolute atomic E-state index is 13.9. The number of rotatable bonds is 5. The second kappa shape index (κ2) is 9.71. The number of hydrogen-bond acceptors (Lipinski definition) is 8. The van der Waals surface area contributed by atoms with Crippen molar-refractivity contribution in [3.8, 4) is 16.9 Å². The molecule has 1 fully saturated rings. The number of primary amides is 1. The van der Waals surface area contributed by atoms with Crippen LogP contribution in [-0.2, 0) is 32.1 Å². The highest BCUT2D eigenvalue weighted by Gasteiger charge is 2.65. The number of carbonyl (C=O) groups excluding carboxylic acids is 5. The number of nitrogens with zero attached hydrogens (tertiary/aromatic N) is 1. The van der Waals surface area contributed by atoms with E-state index in [0.29, 0.717) is 17.8 Å². The number of nitrogens with one attached hydrogen (secondary N) is 1. The minimum absolute atomic E-state index is 0.00504. The highest BCUT2D eigenvalue weighted by Crippen LogP contribution is 2.52. The number of benzene rings is 2. The van der Waals surface area contributed by atoms with E-state index in [-0.39, 0.29) is 30.1 Å². The number of nitrogens with two attached hydrogens (primary N) is 1. The molecule has 2 aromatic carbocycles. The molecule has 208 valence electrons. The van der Waals surface area contributed by atoms with E-state index >= 15 is 0 Å². The molecule has 10 nitrogen and oxygen atoms in total. The number of aromatic hydroxyl groups is 1. The molecule has 1 saturated carbocycles. The Balaban J connectivity index is 1.57. The molecule has 2 amide bonds. The lowest BCUT2D eigenvalue weighted by Crippen LogP contribution is -2.67. The number of phenolic OH excluding ortho intramolecular Hbond substituents is 1. The summed E-state index contributed by atoms with van der Waals surface area (Å²) < 4.78 is 0. The van der Waals surface area contributed by atoms with Crippen molar-refractivity contribution < 1.29 is 34.2 Å². The number of phenols is 1. The molecule has 2 aromatic rings. The Kier molecular flexibility index (Phi) is 6.62. The molecule has 2 unspecified atom stereocenters. The van der Waals surface area contributed by atoms with Gasteiger partial charge in [-0.15, -0.1) is 0 Å². The van der Waals surface area contributed by atoms with Crippen molar-refractivity contribution in [3.63, 3.8) is 0 Å². The van der Waals surface area contributed by atoms with Gasteiger partial charge in [-0.3, -0.25) is 24.0 Å². The van der Waals surface area contributed by atoms with E-state index in [1.165, 1.54) is 19.1 Å². The van der Waals surface area contributed by atoms with E-state index in [2.05, 4.69) is 5.32 Å². The van der Waals surface area contributed by atoms with Gasteiger partial charge in [0.1, 0.15) is 11.7 Å². The molecular weight excluding hydrogens is 514 g/mol. The summed E-state index contributed by atoms with van der Waals surface area (Å²) in [5.74, 6) is -8.41. The molecule has 5 rings (SSSR count). The Bertz CT molecular complexity index is 1490. The van der Waals surface area contributed by atoms with E-state index in [0.717, 1.165) is 16.7 Å². The summed E-state index contributed by atoms with van der Waals surface area (Å²) in [6.45, 7) is 1.81. The lowest BCUT2D eigenvalue weighted by atomic mass is 9.54. The molecule has 3 aliphatic rings. The second-order valence-electron chi connectivity index (χ2n) is 11.0. The summed E-state index contributed by atoms with van der Waals surface area (Å²) in [6, 6.07) is 10.6. The molecule has 10 heteroatoms. The molecule has 5 atom stereocenters. The fraction of sp³-hybridized carbons (Fsp3) is 0.367. The van der Waals surface area contributed by atoms with Crippen LogP contribution in [0.3, 0.4) is 0 Å². The molecule has 0 heterocycles. The molecule has 0 radical (unpaired) electrons. The first kappa shape index (κ1) is 27.3. The zero-order valence-electron chi connectivity index (χ0n) is 22.4. The van der Waals surface area contributed by atoms with Crippen LogP contribution in [0.4, 0.5) is 0 Å². The molecular formula is C30H31N3O7. The quantitative estimate of drug-likeness (QED) is 0.406. The lowest BCUT2D eigenvalue weighted by molar-refractivity contribution is -0.168. The zero-order valence-corrected chi connectivity index (χ0v) is 22.4. The molecule has 0 spiro atoms. The van der Waals surface area contributed by atoms with Crippen molar-refractivity contribution in [2.24, 2.45) is 29.4 Å². The van der Waals surface area contributed by atoms with Gasteiger partial charge in [0, 0.05) is 39.2 Å². The van der Waals surface area contributed by atoms with Crippen LogP contribution in [0.15, 0.2) is 48.2 Å². The maximum atomic E-state index is 13.9. The summed E-state index contributed by atoms with van der Waals surface area (Å²) in [4.78, 5) is 66.0. The predicted octanol–water partition coefficient (Wildman–Crippen LogP) is 1.12. The highest BCUT2D eigenvalue weighted by atomic mass is 16.3. The van der Waals surface area contributed by atoms with E-state index < -0.39 is 52.5 Å². The van der Waals surface area contributed by atoms with E-state index in [1.807, 2.05) is 24.3 Å². The number of ketones is 3. The predicted molar refractivity (Wildman–Crippen MR) is 144 cm³/mol. The third-order valence-electron chi connectivity index (χ3n) is 8.44. The number of fused-ring (bicyclic) bond motifs is 3. The fourth-order valence-electron chi connectivity index (χ4n) is 6.51. The molecule has 0 aromatic heterocycles. The van der Waals surface area contributed by atoms with Crippen molar-refractivity contribution >= 4 is 29.2 Å². The first-order valence-electron chi connectivity index (χ1n) is 13.1. The van der Waals surface area contributed by atoms with Crippen molar-refractivity contribution in [1.82, 2.24) is 10.2 Å². The van der Waals surface area contributed by atoms with Gasteiger partial charge in [-0.25, -0.2) is 0 Å². The Labute approximate surface area is 230 Å². The van der Waals surface area contributed by atoms with Crippen molar-refractivity contribution in [2.75, 3.05) is 14.1 Å². The topological polar surface area (TPSA) is 167 Å². The largest absolute Gasteiger partial charge is 0.507 e. The lowest BCUT2D eigenvalue weighted by Gasteiger charge is -2.50. The van der Waals surface area contributed by atoms with Crippen LogP contribution in [0.25, 0.3) is 11.1 Å². The molecule has 0 bridgehead atoms. The first-order valence-corrected chi connectivity index (χ1v) is 13.1. The van der Waals surface area contributed by atoms with E-state index in [9.17, 15) is 34.2 Å². The van der Waals surface area contributed by atoms with Gasteiger partial charge in [0.15, 0.2) is 23.0 Å². The second-order valence-corrected chi connectivity index (χ2v) is 11.0. The average molecular weight is 546 g/mol. The monoisotopic (exact) mass is 545 g/mol. The third kappa shape index (κ3) is 4.10. The van der Waals surface area contributed by atoms with Crippen molar-refractivity contribution in [2.45, 2.75) is 31.9 Å². The smallest absolute Gasteiger partial charge is 0.232 e. The molecule has 40 heavy (non-hydrogen) atoms. The zero-order chi connectivity index (χ0) is 29.1. The molecule has 3 aliphatic carbocycles. The minimum atomic E-state index is -2.58. The van der Waals surface area contributed by atoms with E-state index in [4.69, 9.17) is 5.73 Å². The number of Topliss-reactive ketones (excluding diaryl/α,β-unsaturated/α-hetero) is 3. The van der Waals surface area contributed by atoms with Gasteiger partial charge < -0.3 is 26.2 Å². The van der Waals surface area contributed by atoms with E-state index in [1.54, 1.807) is 25.1 Å². The Hall–Kier alpha value is -4.31. The van der Waals surface area contributed by atoms with Gasteiger partial charge in [0.05, 0.1) is 11.5 Å². The van der Waals surface area contributed by atoms with Gasteiger partial charge >= 0.3 is 0 Å². The van der Waals surface area contributed by atoms with Crippen LogP contribution in [0.1, 0.15) is 34.8 Å². The van der Waals surface area contributed by atoms with Crippen molar-refractivity contribution in [1.29, 1.82) is 0 Å². The van der Waals surface area contributed by atoms with Gasteiger partial charge in [-0.1, -0.05) is 30.3 Å². The Morgan fingerprint density at radius 1 is 1.07 bits per heavy atom. The summed E-state index contributed by atoms with van der Waals surface area (Å²) in [6.07, 6.45) is 1.80. The van der Waals surface area contributed by atoms with Crippen LogP contribution < -0.4 is 11.1 Å². The summed E-state index contributed by atoms with van der Waals surface area (Å²) >= 11 is 0. The SMILES string of the molecule is CC(=O)NCc1ccc(-c2ccc(O)c3c2C[C@H]2C[C@H]4C(N(C)C)=CC(C(N)=O)C(=O)[C@@]4(O)C(=O)C2C3=O)cc1. The Morgan fingerprint density at radius 2 is 1.75 bits per heavy atom. The van der Waals surface area contributed by atoms with Crippen LogP contribution in [-0.4, -0.2) is 64.0 Å². The average Bonchev–Trinajstić information content (AvgIpc) is 2.89. The van der Waals surface area contributed by atoms with Gasteiger partial charge in [-0.05, 0) is 53.2 Å². The van der Waals surface area contributed by atoms with Crippen molar-refractivity contribution in [3.05, 3.63) is 64.9 Å². The van der Waals surface area contributed by atoms with Crippen LogP contribution in [0.5, 0.6) is 5.75 Å². The number of aliphatic hydroxyl groups is 1.